The highest BCUT2D eigenvalue weighted by atomic mass is 16.6. The topological polar surface area (TPSA) is 110 Å². The van der Waals surface area contributed by atoms with Crippen molar-refractivity contribution in [2.75, 3.05) is 5.32 Å². The zero-order chi connectivity index (χ0) is 28.3. The standard InChI is InChI=1S/C33H23N3O5/c37-29(21-9-2-1-3-10-21)27-28(30(38)22-14-16-23(17-15-22)36(40)41)35-19-18-20-8-4-5-11-24(20)31(35)33(27)25-12-6-7-13-26(25)34-32(33)39/h1-19,27-28,31H,(H,34,39)/t27-,28-,31-,33-/m1/s1. The van der Waals surface area contributed by atoms with E-state index in [-0.39, 0.29) is 22.9 Å². The van der Waals surface area contributed by atoms with Gasteiger partial charge in [-0.1, -0.05) is 72.8 Å². The van der Waals surface area contributed by atoms with Gasteiger partial charge in [0.2, 0.25) is 5.91 Å². The number of carbonyl (C=O) groups is 3. The average molecular weight is 542 g/mol. The minimum atomic E-state index is -1.43. The van der Waals surface area contributed by atoms with Gasteiger partial charge in [-0.15, -0.1) is 0 Å². The molecule has 4 atom stereocenters. The lowest BCUT2D eigenvalue weighted by Gasteiger charge is -2.38. The van der Waals surface area contributed by atoms with E-state index in [1.807, 2.05) is 59.5 Å². The number of fused-ring (bicyclic) bond motifs is 6. The maximum Gasteiger partial charge on any atom is 0.269 e. The Bertz CT molecular complexity index is 1780. The predicted octanol–water partition coefficient (Wildman–Crippen LogP) is 5.58. The molecule has 1 spiro atoms. The summed E-state index contributed by atoms with van der Waals surface area (Å²) in [5, 5.41) is 14.3. The Morgan fingerprint density at radius 3 is 2.22 bits per heavy atom. The summed E-state index contributed by atoms with van der Waals surface area (Å²) in [5.74, 6) is -2.15. The number of amides is 1. The van der Waals surface area contributed by atoms with Crippen molar-refractivity contribution in [2.24, 2.45) is 5.92 Å². The fourth-order valence-electron chi connectivity index (χ4n) is 6.87. The highest BCUT2D eigenvalue weighted by molar-refractivity contribution is 6.16. The Hall–Kier alpha value is -5.37. The molecule has 3 aliphatic heterocycles. The molecule has 0 unspecified atom stereocenters. The number of nitrogens with one attached hydrogen (secondary N) is 1. The molecule has 4 aromatic rings. The van der Waals surface area contributed by atoms with Crippen molar-refractivity contribution in [2.45, 2.75) is 17.5 Å². The first-order chi connectivity index (χ1) is 19.9. The minimum Gasteiger partial charge on any atom is -0.358 e. The second kappa shape index (κ2) is 9.09. The number of hydrogen-bond acceptors (Lipinski definition) is 6. The first-order valence-electron chi connectivity index (χ1n) is 13.3. The Kier molecular flexibility index (Phi) is 5.47. The van der Waals surface area contributed by atoms with Crippen LogP contribution in [-0.4, -0.2) is 33.3 Å². The van der Waals surface area contributed by atoms with Gasteiger partial charge >= 0.3 is 0 Å². The van der Waals surface area contributed by atoms with E-state index in [0.717, 1.165) is 11.1 Å². The molecule has 200 valence electrons. The monoisotopic (exact) mass is 541 g/mol. The zero-order valence-corrected chi connectivity index (χ0v) is 21.6. The van der Waals surface area contributed by atoms with Crippen LogP contribution in [0.1, 0.15) is 43.4 Å². The van der Waals surface area contributed by atoms with E-state index in [2.05, 4.69) is 5.32 Å². The van der Waals surface area contributed by atoms with Crippen LogP contribution < -0.4 is 5.32 Å². The lowest BCUT2D eigenvalue weighted by molar-refractivity contribution is -0.384. The van der Waals surface area contributed by atoms with Crippen molar-refractivity contribution < 1.29 is 19.3 Å². The molecule has 8 heteroatoms. The number of ketones is 2. The van der Waals surface area contributed by atoms with E-state index >= 15 is 0 Å². The summed E-state index contributed by atoms with van der Waals surface area (Å²) < 4.78 is 0. The number of hydrogen-bond donors (Lipinski definition) is 1. The van der Waals surface area contributed by atoms with Crippen LogP contribution in [0.2, 0.25) is 0 Å². The Morgan fingerprint density at radius 2 is 1.46 bits per heavy atom. The predicted molar refractivity (Wildman–Crippen MR) is 152 cm³/mol. The molecule has 1 N–H and O–H groups in total. The summed E-state index contributed by atoms with van der Waals surface area (Å²) in [6.45, 7) is 0. The van der Waals surface area contributed by atoms with Crippen LogP contribution in [-0.2, 0) is 10.2 Å². The van der Waals surface area contributed by atoms with Crippen molar-refractivity contribution in [3.05, 3.63) is 147 Å². The lowest BCUT2D eigenvalue weighted by atomic mass is 9.62. The smallest absolute Gasteiger partial charge is 0.269 e. The first-order valence-corrected chi connectivity index (χ1v) is 13.3. The maximum atomic E-state index is 14.6. The summed E-state index contributed by atoms with van der Waals surface area (Å²) >= 11 is 0. The fourth-order valence-corrected chi connectivity index (χ4v) is 6.87. The van der Waals surface area contributed by atoms with Crippen LogP contribution in [0.5, 0.6) is 0 Å². The second-order valence-corrected chi connectivity index (χ2v) is 10.5. The number of para-hydroxylation sites is 1. The molecule has 7 rings (SSSR count). The summed E-state index contributed by atoms with van der Waals surface area (Å²) in [6.07, 6.45) is 3.69. The molecule has 8 nitrogen and oxygen atoms in total. The van der Waals surface area contributed by atoms with Crippen LogP contribution in [0.15, 0.2) is 109 Å². The Labute approximate surface area is 235 Å². The molecule has 1 fully saturated rings. The highest BCUT2D eigenvalue weighted by Gasteiger charge is 2.70. The molecule has 3 aliphatic rings. The minimum absolute atomic E-state index is 0.143. The van der Waals surface area contributed by atoms with Crippen molar-refractivity contribution in [1.82, 2.24) is 4.90 Å². The lowest BCUT2D eigenvalue weighted by Crippen LogP contribution is -2.49. The molecule has 1 amide bonds. The summed E-state index contributed by atoms with van der Waals surface area (Å²) in [7, 11) is 0. The molecule has 0 aromatic heterocycles. The quantitative estimate of drug-likeness (QED) is 0.201. The molecule has 4 aromatic carbocycles. The number of Topliss-reactive ketones (excluding diaryl/α,β-unsaturated/α-hetero) is 2. The number of nitro groups is 1. The van der Waals surface area contributed by atoms with Crippen LogP contribution in [0.3, 0.4) is 0 Å². The third kappa shape index (κ3) is 3.43. The molecular weight excluding hydrogens is 518 g/mol. The average Bonchev–Trinajstić information content (AvgIpc) is 3.49. The number of benzene rings is 4. The number of anilines is 1. The second-order valence-electron chi connectivity index (χ2n) is 10.5. The van der Waals surface area contributed by atoms with E-state index in [1.165, 1.54) is 24.3 Å². The van der Waals surface area contributed by atoms with Crippen LogP contribution >= 0.6 is 0 Å². The zero-order valence-electron chi connectivity index (χ0n) is 21.6. The third-order valence-corrected chi connectivity index (χ3v) is 8.54. The highest BCUT2D eigenvalue weighted by Crippen LogP contribution is 2.62. The van der Waals surface area contributed by atoms with Gasteiger partial charge in [-0.05, 0) is 41.0 Å². The van der Waals surface area contributed by atoms with E-state index in [4.69, 9.17) is 0 Å². The van der Waals surface area contributed by atoms with Gasteiger partial charge in [0.25, 0.3) is 5.69 Å². The van der Waals surface area contributed by atoms with Gasteiger partial charge in [0.1, 0.15) is 11.5 Å². The van der Waals surface area contributed by atoms with Gasteiger partial charge in [0.05, 0.1) is 16.9 Å². The van der Waals surface area contributed by atoms with Crippen molar-refractivity contribution in [1.29, 1.82) is 0 Å². The summed E-state index contributed by atoms with van der Waals surface area (Å²) in [6, 6.07) is 27.4. The van der Waals surface area contributed by atoms with Gasteiger partial charge in [0.15, 0.2) is 11.6 Å². The number of rotatable bonds is 5. The number of carbonyl (C=O) groups excluding carboxylic acids is 3. The van der Waals surface area contributed by atoms with E-state index in [0.29, 0.717) is 16.8 Å². The molecule has 3 heterocycles. The normalized spacial score (nSPS) is 23.5. The van der Waals surface area contributed by atoms with Gasteiger partial charge in [-0.25, -0.2) is 0 Å². The van der Waals surface area contributed by atoms with E-state index in [1.54, 1.807) is 36.5 Å². The largest absolute Gasteiger partial charge is 0.358 e. The fraction of sp³-hybridized carbons (Fsp3) is 0.121. The number of non-ortho nitro benzene ring substituents is 1. The van der Waals surface area contributed by atoms with Gasteiger partial charge in [-0.3, -0.25) is 24.5 Å². The number of nitrogens with zero attached hydrogens (tertiary/aromatic N) is 2. The molecule has 0 saturated carbocycles. The Balaban J connectivity index is 1.51. The van der Waals surface area contributed by atoms with Crippen LogP contribution in [0.25, 0.3) is 6.08 Å². The van der Waals surface area contributed by atoms with Gasteiger partial charge < -0.3 is 10.2 Å². The van der Waals surface area contributed by atoms with Crippen LogP contribution in [0.4, 0.5) is 11.4 Å². The van der Waals surface area contributed by atoms with Crippen molar-refractivity contribution in [3.8, 4) is 0 Å². The molecular formula is C33H23N3O5. The maximum absolute atomic E-state index is 14.6. The number of nitro benzene ring substituents is 1. The molecule has 41 heavy (non-hydrogen) atoms. The summed E-state index contributed by atoms with van der Waals surface area (Å²) in [4.78, 5) is 56.1. The molecule has 0 radical (unpaired) electrons. The van der Waals surface area contributed by atoms with Crippen molar-refractivity contribution in [3.63, 3.8) is 0 Å². The van der Waals surface area contributed by atoms with E-state index in [9.17, 15) is 24.5 Å². The Morgan fingerprint density at radius 1 is 0.805 bits per heavy atom. The molecule has 0 bridgehead atoms. The molecule has 1 saturated heterocycles. The molecule has 0 aliphatic carbocycles. The van der Waals surface area contributed by atoms with E-state index < -0.39 is 34.1 Å². The third-order valence-electron chi connectivity index (χ3n) is 8.54. The van der Waals surface area contributed by atoms with Crippen molar-refractivity contribution >= 4 is 34.9 Å². The SMILES string of the molecule is O=C(c1ccc([N+](=O)[O-])cc1)[C@H]1[C@H](C(=O)c2ccccc2)[C@@]2(C(=O)Nc3ccccc32)[C@H]2c3ccccc3C=CN12. The van der Waals surface area contributed by atoms with Gasteiger partial charge in [-0.2, -0.15) is 0 Å². The summed E-state index contributed by atoms with van der Waals surface area (Å²) in [5.41, 5.74) is 2.07. The van der Waals surface area contributed by atoms with Crippen LogP contribution in [0, 0.1) is 16.0 Å². The van der Waals surface area contributed by atoms with Gasteiger partial charge in [0, 0.05) is 35.1 Å². The first kappa shape index (κ1) is 24.7.